The molecule has 1 N–H and O–H groups in total. The number of ether oxygens (including phenoxy) is 1. The van der Waals surface area contributed by atoms with E-state index in [1.807, 2.05) is 70.2 Å². The molecule has 0 aliphatic carbocycles. The number of nitrogens with zero attached hydrogens (tertiary/aromatic N) is 4. The standard InChI is InChI=1S/C33H33N5O2/c1-3-29-28-23-37(33(39)34-20-19-24-12-6-4-7-13-24)31(25-14-10-17-27(22-25)40-2)30-18-11-21-36(30)32(28)38(35-29)26-15-8-5-9-16-26/h4-18,21-22,31H,3,19-20,23H2,1-2H3,(H,34,39)/t31-/m0/s1. The van der Waals surface area contributed by atoms with Crippen LogP contribution >= 0.6 is 0 Å². The van der Waals surface area contributed by atoms with Crippen molar-refractivity contribution in [3.05, 3.63) is 131 Å². The van der Waals surface area contributed by atoms with Crippen molar-refractivity contribution in [3.63, 3.8) is 0 Å². The molecule has 1 aliphatic rings. The van der Waals surface area contributed by atoms with Crippen LogP contribution in [-0.4, -0.2) is 38.9 Å². The summed E-state index contributed by atoms with van der Waals surface area (Å²) in [6.07, 6.45) is 3.59. The molecule has 6 rings (SSSR count). The second kappa shape index (κ2) is 11.1. The second-order valence-electron chi connectivity index (χ2n) is 9.93. The van der Waals surface area contributed by atoms with E-state index in [1.54, 1.807) is 7.11 Å². The minimum Gasteiger partial charge on any atom is -0.497 e. The number of urea groups is 1. The third kappa shape index (κ3) is 4.75. The maximum atomic E-state index is 14.0. The summed E-state index contributed by atoms with van der Waals surface area (Å²) >= 11 is 0. The molecule has 0 saturated heterocycles. The van der Waals surface area contributed by atoms with Crippen molar-refractivity contribution in [2.45, 2.75) is 32.4 Å². The third-order valence-electron chi connectivity index (χ3n) is 7.51. The predicted octanol–water partition coefficient (Wildman–Crippen LogP) is 6.09. The number of rotatable bonds is 7. The first-order valence-electron chi connectivity index (χ1n) is 13.7. The highest BCUT2D eigenvalue weighted by Gasteiger charge is 2.36. The molecule has 7 nitrogen and oxygen atoms in total. The van der Waals surface area contributed by atoms with Gasteiger partial charge in [0.25, 0.3) is 0 Å². The van der Waals surface area contributed by atoms with Gasteiger partial charge in [0.2, 0.25) is 0 Å². The van der Waals surface area contributed by atoms with Gasteiger partial charge in [0.15, 0.2) is 0 Å². The molecule has 1 aliphatic heterocycles. The predicted molar refractivity (Wildman–Crippen MR) is 156 cm³/mol. The molecule has 0 spiro atoms. The molecule has 2 amide bonds. The van der Waals surface area contributed by atoms with Crippen LogP contribution in [0, 0.1) is 0 Å². The highest BCUT2D eigenvalue weighted by atomic mass is 16.5. The average molecular weight is 532 g/mol. The van der Waals surface area contributed by atoms with Crippen molar-refractivity contribution in [2.24, 2.45) is 0 Å². The Bertz CT molecular complexity index is 1610. The van der Waals surface area contributed by atoms with Crippen molar-refractivity contribution < 1.29 is 9.53 Å². The molecule has 3 heterocycles. The number of aryl methyl sites for hydroxylation is 1. The molecular formula is C33H33N5O2. The van der Waals surface area contributed by atoms with E-state index in [-0.39, 0.29) is 12.1 Å². The normalized spacial score (nSPS) is 14.2. The fraction of sp³-hybridized carbons (Fsp3) is 0.212. The van der Waals surface area contributed by atoms with Gasteiger partial charge in [-0.05, 0) is 60.4 Å². The van der Waals surface area contributed by atoms with Crippen molar-refractivity contribution >= 4 is 6.03 Å². The molecule has 3 aromatic carbocycles. The molecular weight excluding hydrogens is 498 g/mol. The highest BCUT2D eigenvalue weighted by Crippen LogP contribution is 2.39. The molecule has 7 heteroatoms. The Balaban J connectivity index is 1.46. The lowest BCUT2D eigenvalue weighted by Gasteiger charge is -2.31. The van der Waals surface area contributed by atoms with E-state index in [9.17, 15) is 4.79 Å². The quantitative estimate of drug-likeness (QED) is 0.276. The Morgan fingerprint density at radius 2 is 1.75 bits per heavy atom. The zero-order valence-electron chi connectivity index (χ0n) is 22.8. The number of methoxy groups -OCH3 is 1. The van der Waals surface area contributed by atoms with E-state index in [4.69, 9.17) is 9.84 Å². The van der Waals surface area contributed by atoms with E-state index < -0.39 is 0 Å². The van der Waals surface area contributed by atoms with Crippen molar-refractivity contribution in [1.82, 2.24) is 24.6 Å². The zero-order chi connectivity index (χ0) is 27.5. The summed E-state index contributed by atoms with van der Waals surface area (Å²) < 4.78 is 9.78. The molecule has 1 atom stereocenters. The first kappa shape index (κ1) is 25.5. The summed E-state index contributed by atoms with van der Waals surface area (Å²) in [4.78, 5) is 16.0. The number of aromatic nitrogens is 3. The van der Waals surface area contributed by atoms with Gasteiger partial charge >= 0.3 is 6.03 Å². The number of fused-ring (bicyclic) bond motifs is 3. The third-order valence-corrected chi connectivity index (χ3v) is 7.51. The van der Waals surface area contributed by atoms with Crippen molar-refractivity contribution in [3.8, 4) is 17.3 Å². The summed E-state index contributed by atoms with van der Waals surface area (Å²) in [6.45, 7) is 3.08. The lowest BCUT2D eigenvalue weighted by molar-refractivity contribution is 0.180. The summed E-state index contributed by atoms with van der Waals surface area (Å²) in [7, 11) is 1.67. The van der Waals surface area contributed by atoms with Crippen molar-refractivity contribution in [2.75, 3.05) is 13.7 Å². The summed E-state index contributed by atoms with van der Waals surface area (Å²) in [5.41, 5.74) is 6.18. The molecule has 0 bridgehead atoms. The van der Waals surface area contributed by atoms with Crippen LogP contribution in [0.15, 0.2) is 103 Å². The van der Waals surface area contributed by atoms with E-state index in [0.717, 1.165) is 52.6 Å². The van der Waals surface area contributed by atoms with E-state index in [2.05, 4.69) is 59.4 Å². The van der Waals surface area contributed by atoms with E-state index in [1.165, 1.54) is 5.56 Å². The number of benzene rings is 3. The number of hydrogen-bond donors (Lipinski definition) is 1. The number of carbonyl (C=O) groups excluding carboxylic acids is 1. The maximum Gasteiger partial charge on any atom is 0.318 e. The van der Waals surface area contributed by atoms with E-state index in [0.29, 0.717) is 13.1 Å². The van der Waals surface area contributed by atoms with Gasteiger partial charge in [-0.1, -0.05) is 67.6 Å². The smallest absolute Gasteiger partial charge is 0.318 e. The Morgan fingerprint density at radius 1 is 0.975 bits per heavy atom. The lowest BCUT2D eigenvalue weighted by Crippen LogP contribution is -2.42. The SMILES string of the molecule is CCc1nn(-c2ccccc2)c2c1CN(C(=O)NCCc1ccccc1)[C@@H](c1cccc(OC)c1)c1cccn1-2. The van der Waals surface area contributed by atoms with Gasteiger partial charge in [0, 0.05) is 18.3 Å². The molecule has 40 heavy (non-hydrogen) atoms. The van der Waals surface area contributed by atoms with Crippen molar-refractivity contribution in [1.29, 1.82) is 0 Å². The Hall–Kier alpha value is -4.78. The summed E-state index contributed by atoms with van der Waals surface area (Å²) in [5.74, 6) is 1.72. The van der Waals surface area contributed by atoms with Gasteiger partial charge in [-0.2, -0.15) is 5.10 Å². The number of para-hydroxylation sites is 1. The van der Waals surface area contributed by atoms with Crippen LogP contribution in [0.25, 0.3) is 11.5 Å². The van der Waals surface area contributed by atoms with Gasteiger partial charge in [-0.15, -0.1) is 0 Å². The minimum absolute atomic E-state index is 0.112. The van der Waals surface area contributed by atoms with Crippen LogP contribution in [0.3, 0.4) is 0 Å². The molecule has 202 valence electrons. The number of nitrogens with one attached hydrogen (secondary N) is 1. The zero-order valence-corrected chi connectivity index (χ0v) is 22.8. The van der Waals surface area contributed by atoms with Gasteiger partial charge in [-0.25, -0.2) is 9.48 Å². The van der Waals surface area contributed by atoms with Gasteiger partial charge in [-0.3, -0.25) is 0 Å². The summed E-state index contributed by atoms with van der Waals surface area (Å²) in [6, 6.07) is 32.1. The Morgan fingerprint density at radius 3 is 2.50 bits per heavy atom. The van der Waals surface area contributed by atoms with Crippen LogP contribution in [0.5, 0.6) is 5.75 Å². The van der Waals surface area contributed by atoms with Gasteiger partial charge in [0.1, 0.15) is 11.6 Å². The van der Waals surface area contributed by atoms with Crippen LogP contribution < -0.4 is 10.1 Å². The first-order valence-corrected chi connectivity index (χ1v) is 13.7. The molecule has 5 aromatic rings. The Kier molecular flexibility index (Phi) is 7.10. The molecule has 0 saturated carbocycles. The highest BCUT2D eigenvalue weighted by molar-refractivity contribution is 5.76. The van der Waals surface area contributed by atoms with Gasteiger partial charge in [0.05, 0.1) is 36.8 Å². The summed E-state index contributed by atoms with van der Waals surface area (Å²) in [5, 5.41) is 8.24. The fourth-order valence-corrected chi connectivity index (χ4v) is 5.57. The van der Waals surface area contributed by atoms with Crippen LogP contribution in [-0.2, 0) is 19.4 Å². The topological polar surface area (TPSA) is 64.3 Å². The largest absolute Gasteiger partial charge is 0.497 e. The van der Waals surface area contributed by atoms with Crippen LogP contribution in [0.2, 0.25) is 0 Å². The maximum absolute atomic E-state index is 14.0. The number of hydrogen-bond acceptors (Lipinski definition) is 3. The van der Waals surface area contributed by atoms with E-state index >= 15 is 0 Å². The fourth-order valence-electron chi connectivity index (χ4n) is 5.57. The lowest BCUT2D eigenvalue weighted by atomic mass is 10.0. The number of carbonyl (C=O) groups is 1. The van der Waals surface area contributed by atoms with Crippen LogP contribution in [0.4, 0.5) is 4.79 Å². The molecule has 0 radical (unpaired) electrons. The second-order valence-corrected chi connectivity index (χ2v) is 9.93. The molecule has 0 unspecified atom stereocenters. The van der Waals surface area contributed by atoms with Gasteiger partial charge < -0.3 is 19.5 Å². The number of amides is 2. The molecule has 0 fully saturated rings. The molecule has 2 aromatic heterocycles. The Labute approximate surface area is 234 Å². The first-order chi connectivity index (χ1) is 19.7. The van der Waals surface area contributed by atoms with Crippen LogP contribution in [0.1, 0.15) is 41.0 Å². The monoisotopic (exact) mass is 531 g/mol. The average Bonchev–Trinajstić information content (AvgIpc) is 3.59. The minimum atomic E-state index is -0.330.